The molecule has 0 fully saturated rings. The van der Waals surface area contributed by atoms with Gasteiger partial charge in [-0.3, -0.25) is 4.55 Å². The molecular formula is C5H13NO4S. The van der Waals surface area contributed by atoms with Gasteiger partial charge in [-0.25, -0.2) is 0 Å². The molecule has 0 aliphatic carbocycles. The first kappa shape index (κ1) is 10.8. The van der Waals surface area contributed by atoms with Gasteiger partial charge >= 0.3 is 10.3 Å². The van der Waals surface area contributed by atoms with Crippen LogP contribution in [0.5, 0.6) is 0 Å². The first-order valence-electron chi connectivity index (χ1n) is 3.02. The van der Waals surface area contributed by atoms with Crippen LogP contribution < -0.4 is 4.72 Å². The highest BCUT2D eigenvalue weighted by Crippen LogP contribution is 2.02. The highest BCUT2D eigenvalue weighted by molar-refractivity contribution is 7.83. The van der Waals surface area contributed by atoms with Crippen LogP contribution in [0.2, 0.25) is 0 Å². The molecule has 68 valence electrons. The summed E-state index contributed by atoms with van der Waals surface area (Å²) in [5.74, 6) is 0. The zero-order valence-corrected chi connectivity index (χ0v) is 7.60. The van der Waals surface area contributed by atoms with Crippen LogP contribution in [0.3, 0.4) is 0 Å². The average Bonchev–Trinajstić information content (AvgIpc) is 1.55. The van der Waals surface area contributed by atoms with E-state index in [1.807, 2.05) is 4.72 Å². The smallest absolute Gasteiger partial charge is 0.333 e. The van der Waals surface area contributed by atoms with E-state index in [9.17, 15) is 8.42 Å². The van der Waals surface area contributed by atoms with Crippen LogP contribution in [0, 0.1) is 0 Å². The zero-order valence-electron chi connectivity index (χ0n) is 6.79. The van der Waals surface area contributed by atoms with Gasteiger partial charge in [0, 0.05) is 7.11 Å². The Bertz CT molecular complexity index is 209. The van der Waals surface area contributed by atoms with Crippen molar-refractivity contribution >= 4 is 10.3 Å². The number of rotatable bonds is 4. The Morgan fingerprint density at radius 1 is 1.55 bits per heavy atom. The highest BCUT2D eigenvalue weighted by Gasteiger charge is 2.22. The minimum absolute atomic E-state index is 0.201. The van der Waals surface area contributed by atoms with E-state index in [2.05, 4.69) is 0 Å². The maximum Gasteiger partial charge on any atom is 0.333 e. The Balaban J connectivity index is 4.13. The monoisotopic (exact) mass is 183 g/mol. The van der Waals surface area contributed by atoms with Crippen molar-refractivity contribution in [1.29, 1.82) is 0 Å². The van der Waals surface area contributed by atoms with Crippen molar-refractivity contribution in [3.63, 3.8) is 0 Å². The average molecular weight is 183 g/mol. The van der Waals surface area contributed by atoms with Crippen molar-refractivity contribution in [3.05, 3.63) is 0 Å². The third kappa shape index (κ3) is 6.24. The molecule has 0 aliphatic heterocycles. The summed E-state index contributed by atoms with van der Waals surface area (Å²) in [6, 6.07) is 0. The summed E-state index contributed by atoms with van der Waals surface area (Å²) in [6.07, 6.45) is 0. The number of hydrogen-bond acceptors (Lipinski definition) is 3. The molecule has 0 rings (SSSR count). The number of methoxy groups -OCH3 is 1. The predicted octanol–water partition coefficient (Wildman–Crippen LogP) is -0.196. The van der Waals surface area contributed by atoms with Gasteiger partial charge < -0.3 is 4.74 Å². The van der Waals surface area contributed by atoms with E-state index in [0.29, 0.717) is 0 Å². The molecule has 0 aliphatic rings. The Hall–Kier alpha value is -0.170. The van der Waals surface area contributed by atoms with Crippen molar-refractivity contribution in [3.8, 4) is 0 Å². The summed E-state index contributed by atoms with van der Waals surface area (Å²) in [5, 5.41) is 0. The van der Waals surface area contributed by atoms with Crippen LogP contribution in [0.15, 0.2) is 0 Å². The molecule has 0 amide bonds. The normalized spacial score (nSPS) is 13.5. The van der Waals surface area contributed by atoms with E-state index >= 15 is 0 Å². The minimum Gasteiger partial charge on any atom is -0.383 e. The molecular weight excluding hydrogens is 170 g/mol. The summed E-state index contributed by atoms with van der Waals surface area (Å²) >= 11 is 0. The first-order chi connectivity index (χ1) is 4.77. The van der Waals surface area contributed by atoms with E-state index in [0.717, 1.165) is 0 Å². The third-order valence-electron chi connectivity index (χ3n) is 0.910. The first-order valence-corrected chi connectivity index (χ1v) is 4.46. The second kappa shape index (κ2) is 3.48. The summed E-state index contributed by atoms with van der Waals surface area (Å²) < 4.78 is 35.7. The van der Waals surface area contributed by atoms with Gasteiger partial charge in [0.25, 0.3) is 0 Å². The number of hydrogen-bond donors (Lipinski definition) is 2. The van der Waals surface area contributed by atoms with E-state index in [1.54, 1.807) is 13.8 Å². The molecule has 0 aromatic rings. The Labute approximate surface area is 66.6 Å². The molecule has 0 spiro atoms. The molecule has 0 aromatic carbocycles. The fraction of sp³-hybridized carbons (Fsp3) is 1.00. The summed E-state index contributed by atoms with van der Waals surface area (Å²) in [7, 11) is -2.68. The second-order valence-electron chi connectivity index (χ2n) is 2.89. The molecule has 0 saturated heterocycles. The van der Waals surface area contributed by atoms with Crippen molar-refractivity contribution < 1.29 is 17.7 Å². The Kier molecular flexibility index (Phi) is 3.43. The van der Waals surface area contributed by atoms with Crippen LogP contribution in [-0.2, 0) is 15.0 Å². The lowest BCUT2D eigenvalue weighted by atomic mass is 10.1. The van der Waals surface area contributed by atoms with Gasteiger partial charge in [-0.1, -0.05) is 0 Å². The van der Waals surface area contributed by atoms with Crippen molar-refractivity contribution in [2.75, 3.05) is 13.7 Å². The summed E-state index contributed by atoms with van der Waals surface area (Å²) in [4.78, 5) is 0. The van der Waals surface area contributed by atoms with Gasteiger partial charge in [-0.15, -0.1) is 0 Å². The fourth-order valence-electron chi connectivity index (χ4n) is 0.739. The van der Waals surface area contributed by atoms with E-state index in [4.69, 9.17) is 9.29 Å². The van der Waals surface area contributed by atoms with E-state index < -0.39 is 15.8 Å². The maximum absolute atomic E-state index is 10.3. The molecule has 2 N–H and O–H groups in total. The van der Waals surface area contributed by atoms with Gasteiger partial charge in [0.05, 0.1) is 12.1 Å². The number of nitrogens with one attached hydrogen (secondary N) is 1. The molecule has 11 heavy (non-hydrogen) atoms. The summed E-state index contributed by atoms with van der Waals surface area (Å²) in [6.45, 7) is 3.40. The molecule has 0 bridgehead atoms. The van der Waals surface area contributed by atoms with Crippen LogP contribution in [0.4, 0.5) is 0 Å². The molecule has 0 unspecified atom stereocenters. The van der Waals surface area contributed by atoms with E-state index in [1.165, 1.54) is 7.11 Å². The molecule has 0 aromatic heterocycles. The maximum atomic E-state index is 10.3. The Morgan fingerprint density at radius 3 is 2.27 bits per heavy atom. The van der Waals surface area contributed by atoms with Crippen LogP contribution in [-0.4, -0.2) is 32.2 Å². The molecule has 0 radical (unpaired) electrons. The second-order valence-corrected chi connectivity index (χ2v) is 4.05. The predicted molar refractivity (Wildman–Crippen MR) is 40.6 cm³/mol. The van der Waals surface area contributed by atoms with Crippen molar-refractivity contribution in [2.45, 2.75) is 19.4 Å². The fourth-order valence-corrected chi connectivity index (χ4v) is 1.50. The molecule has 0 atom stereocenters. The highest BCUT2D eigenvalue weighted by atomic mass is 32.2. The zero-order chi connectivity index (χ0) is 9.12. The van der Waals surface area contributed by atoms with Gasteiger partial charge in [-0.2, -0.15) is 13.1 Å². The van der Waals surface area contributed by atoms with E-state index in [-0.39, 0.29) is 6.61 Å². The van der Waals surface area contributed by atoms with Crippen molar-refractivity contribution in [1.82, 2.24) is 4.72 Å². The van der Waals surface area contributed by atoms with Gasteiger partial charge in [0.2, 0.25) is 0 Å². The van der Waals surface area contributed by atoms with Gasteiger partial charge in [0.15, 0.2) is 0 Å². The van der Waals surface area contributed by atoms with Crippen LogP contribution in [0.25, 0.3) is 0 Å². The molecule has 0 heterocycles. The lowest BCUT2D eigenvalue weighted by molar-refractivity contribution is 0.139. The standard InChI is InChI=1S/C5H13NO4S/c1-5(2,4-10-3)6-11(7,8)9/h6H,4H2,1-3H3,(H,7,8,9). The number of ether oxygens (including phenoxy) is 1. The van der Waals surface area contributed by atoms with Gasteiger partial charge in [-0.05, 0) is 13.8 Å². The lowest BCUT2D eigenvalue weighted by Gasteiger charge is -2.22. The van der Waals surface area contributed by atoms with Gasteiger partial charge in [0.1, 0.15) is 0 Å². The minimum atomic E-state index is -4.13. The van der Waals surface area contributed by atoms with Crippen LogP contribution >= 0.6 is 0 Å². The largest absolute Gasteiger partial charge is 0.383 e. The third-order valence-corrected chi connectivity index (χ3v) is 1.72. The quantitative estimate of drug-likeness (QED) is 0.592. The summed E-state index contributed by atoms with van der Waals surface area (Å²) in [5.41, 5.74) is -0.775. The molecule has 6 heteroatoms. The molecule has 5 nitrogen and oxygen atoms in total. The molecule has 0 saturated carbocycles. The van der Waals surface area contributed by atoms with Crippen molar-refractivity contribution in [2.24, 2.45) is 0 Å². The SMILES string of the molecule is COCC(C)(C)NS(=O)(=O)O. The topological polar surface area (TPSA) is 75.6 Å². The van der Waals surface area contributed by atoms with Crippen LogP contribution in [0.1, 0.15) is 13.8 Å². The lowest BCUT2D eigenvalue weighted by Crippen LogP contribution is -2.46. The Morgan fingerprint density at radius 2 is 2.00 bits per heavy atom.